The van der Waals surface area contributed by atoms with Crippen LogP contribution in [0.1, 0.15) is 253 Å². The van der Waals surface area contributed by atoms with Crippen molar-refractivity contribution in [3.8, 4) is 0 Å². The standard InChI is InChI=1S/C52H99NO7/c1-8-12-22-30-45(31-23-13-9-2)38-41-57-49(54)36-28-20-16-18-26-34-48(60-51(56)52(5)44-47(53(6)7)40-43-59-52)35-27-19-17-21-29-37-50(55)58-42-39-46(32-24-14-10-3)33-25-15-11-4/h45-48H,8-44H2,1-7H3. The van der Waals surface area contributed by atoms with Crippen molar-refractivity contribution >= 4 is 17.9 Å². The van der Waals surface area contributed by atoms with Crippen LogP contribution in [0.2, 0.25) is 0 Å². The molecule has 60 heavy (non-hydrogen) atoms. The van der Waals surface area contributed by atoms with Gasteiger partial charge in [-0.3, -0.25) is 9.59 Å². The second-order valence-corrected chi connectivity index (χ2v) is 19.1. The Kier molecular flexibility index (Phi) is 35.5. The highest BCUT2D eigenvalue weighted by molar-refractivity contribution is 5.79. The Hall–Kier alpha value is -1.67. The number of ether oxygens (including phenoxy) is 4. The van der Waals surface area contributed by atoms with Crippen molar-refractivity contribution in [2.45, 2.75) is 271 Å². The van der Waals surface area contributed by atoms with Crippen molar-refractivity contribution in [3.05, 3.63) is 0 Å². The molecule has 1 heterocycles. The van der Waals surface area contributed by atoms with Crippen molar-refractivity contribution in [3.63, 3.8) is 0 Å². The topological polar surface area (TPSA) is 91.4 Å². The van der Waals surface area contributed by atoms with Gasteiger partial charge in [0.1, 0.15) is 6.10 Å². The van der Waals surface area contributed by atoms with Gasteiger partial charge >= 0.3 is 17.9 Å². The van der Waals surface area contributed by atoms with Crippen molar-refractivity contribution in [1.82, 2.24) is 4.90 Å². The van der Waals surface area contributed by atoms with E-state index in [0.717, 1.165) is 96.3 Å². The second kappa shape index (κ2) is 37.8. The number of rotatable bonds is 41. The molecule has 1 aliphatic heterocycles. The molecule has 1 fully saturated rings. The lowest BCUT2D eigenvalue weighted by molar-refractivity contribution is -0.185. The summed E-state index contributed by atoms with van der Waals surface area (Å²) in [6.45, 7) is 12.6. The van der Waals surface area contributed by atoms with Gasteiger partial charge in [-0.15, -0.1) is 0 Å². The van der Waals surface area contributed by atoms with Crippen LogP contribution in [0.4, 0.5) is 0 Å². The highest BCUT2D eigenvalue weighted by atomic mass is 16.6. The van der Waals surface area contributed by atoms with E-state index in [1.165, 1.54) is 103 Å². The normalized spacial score (nSPS) is 16.9. The van der Waals surface area contributed by atoms with E-state index in [2.05, 4.69) is 46.7 Å². The molecular formula is C52H99NO7. The summed E-state index contributed by atoms with van der Waals surface area (Å²) in [4.78, 5) is 40.7. The Morgan fingerprint density at radius 2 is 0.933 bits per heavy atom. The van der Waals surface area contributed by atoms with Crippen molar-refractivity contribution in [2.75, 3.05) is 33.9 Å². The third-order valence-electron chi connectivity index (χ3n) is 13.2. The van der Waals surface area contributed by atoms with Crippen LogP contribution in [-0.2, 0) is 33.3 Å². The van der Waals surface area contributed by atoms with Crippen molar-refractivity contribution in [2.24, 2.45) is 11.8 Å². The predicted octanol–water partition coefficient (Wildman–Crippen LogP) is 14.3. The van der Waals surface area contributed by atoms with E-state index in [1.807, 2.05) is 6.92 Å². The van der Waals surface area contributed by atoms with Crippen LogP contribution in [0, 0.1) is 11.8 Å². The second-order valence-electron chi connectivity index (χ2n) is 19.1. The quantitative estimate of drug-likeness (QED) is 0.0341. The molecule has 0 radical (unpaired) electrons. The van der Waals surface area contributed by atoms with E-state index in [-0.39, 0.29) is 24.0 Å². The molecule has 2 unspecified atom stereocenters. The Morgan fingerprint density at radius 3 is 1.33 bits per heavy atom. The first-order valence-electron chi connectivity index (χ1n) is 25.9. The number of esters is 3. The lowest BCUT2D eigenvalue weighted by Gasteiger charge is -2.39. The van der Waals surface area contributed by atoms with Gasteiger partial charge < -0.3 is 23.8 Å². The van der Waals surface area contributed by atoms with E-state index in [9.17, 15) is 14.4 Å². The van der Waals surface area contributed by atoms with Gasteiger partial charge in [-0.05, 0) is 90.6 Å². The highest BCUT2D eigenvalue weighted by Gasteiger charge is 2.42. The molecule has 8 nitrogen and oxygen atoms in total. The van der Waals surface area contributed by atoms with Crippen LogP contribution < -0.4 is 0 Å². The number of carbonyl (C=O) groups is 3. The van der Waals surface area contributed by atoms with Gasteiger partial charge in [-0.2, -0.15) is 0 Å². The van der Waals surface area contributed by atoms with Crippen LogP contribution in [0.5, 0.6) is 0 Å². The monoisotopic (exact) mass is 850 g/mol. The van der Waals surface area contributed by atoms with Crippen LogP contribution in [0.3, 0.4) is 0 Å². The van der Waals surface area contributed by atoms with E-state index in [1.54, 1.807) is 0 Å². The molecule has 0 aromatic rings. The fourth-order valence-corrected chi connectivity index (χ4v) is 8.92. The van der Waals surface area contributed by atoms with Crippen LogP contribution in [-0.4, -0.2) is 74.5 Å². The molecule has 0 aromatic carbocycles. The van der Waals surface area contributed by atoms with Crippen molar-refractivity contribution < 1.29 is 33.3 Å². The molecule has 8 heteroatoms. The zero-order valence-electron chi connectivity index (χ0n) is 40.8. The molecule has 1 saturated heterocycles. The maximum Gasteiger partial charge on any atom is 0.338 e. The number of carbonyl (C=O) groups excluding carboxylic acids is 3. The molecule has 0 aliphatic carbocycles. The van der Waals surface area contributed by atoms with E-state index in [4.69, 9.17) is 18.9 Å². The Balaban J connectivity index is 2.44. The highest BCUT2D eigenvalue weighted by Crippen LogP contribution is 2.30. The summed E-state index contributed by atoms with van der Waals surface area (Å²) < 4.78 is 23.6. The minimum Gasteiger partial charge on any atom is -0.466 e. The molecular weight excluding hydrogens is 751 g/mol. The van der Waals surface area contributed by atoms with Gasteiger partial charge in [-0.1, -0.05) is 169 Å². The first-order chi connectivity index (χ1) is 29.1. The molecule has 0 amide bonds. The largest absolute Gasteiger partial charge is 0.466 e. The van der Waals surface area contributed by atoms with Crippen LogP contribution in [0.25, 0.3) is 0 Å². The molecule has 0 aromatic heterocycles. The van der Waals surface area contributed by atoms with E-state index < -0.39 is 5.60 Å². The molecule has 0 spiro atoms. The van der Waals surface area contributed by atoms with Gasteiger partial charge in [0, 0.05) is 31.9 Å². The average molecular weight is 850 g/mol. The molecule has 0 N–H and O–H groups in total. The lowest BCUT2D eigenvalue weighted by Crippen LogP contribution is -2.51. The maximum atomic E-state index is 13.6. The minimum atomic E-state index is -0.912. The van der Waals surface area contributed by atoms with Gasteiger partial charge in [0.2, 0.25) is 0 Å². The molecule has 0 bridgehead atoms. The third kappa shape index (κ3) is 29.6. The first-order valence-corrected chi connectivity index (χ1v) is 25.9. The van der Waals surface area contributed by atoms with Gasteiger partial charge in [0.15, 0.2) is 5.60 Å². The summed E-state index contributed by atoms with van der Waals surface area (Å²) in [7, 11) is 4.14. The zero-order chi connectivity index (χ0) is 44.1. The number of unbranched alkanes of at least 4 members (excludes halogenated alkanes) is 16. The van der Waals surface area contributed by atoms with Gasteiger partial charge in [0.05, 0.1) is 13.2 Å². The van der Waals surface area contributed by atoms with E-state index in [0.29, 0.717) is 57.0 Å². The van der Waals surface area contributed by atoms with Gasteiger partial charge in [-0.25, -0.2) is 4.79 Å². The zero-order valence-corrected chi connectivity index (χ0v) is 40.8. The number of nitrogens with zero attached hydrogens (tertiary/aromatic N) is 1. The third-order valence-corrected chi connectivity index (χ3v) is 13.2. The van der Waals surface area contributed by atoms with Crippen LogP contribution >= 0.6 is 0 Å². The van der Waals surface area contributed by atoms with Crippen molar-refractivity contribution in [1.29, 1.82) is 0 Å². The Bertz CT molecular complexity index is 960. The molecule has 1 aliphatic rings. The number of hydrogen-bond donors (Lipinski definition) is 0. The Labute approximate surface area is 371 Å². The van der Waals surface area contributed by atoms with E-state index >= 15 is 0 Å². The summed E-state index contributed by atoms with van der Waals surface area (Å²) in [5, 5.41) is 0. The summed E-state index contributed by atoms with van der Waals surface area (Å²) in [5.74, 6) is 1.04. The fourth-order valence-electron chi connectivity index (χ4n) is 8.92. The Morgan fingerprint density at radius 1 is 0.550 bits per heavy atom. The predicted molar refractivity (Wildman–Crippen MR) is 250 cm³/mol. The molecule has 2 atom stereocenters. The minimum absolute atomic E-state index is 0.0487. The first kappa shape index (κ1) is 56.3. The number of hydrogen-bond acceptors (Lipinski definition) is 8. The summed E-state index contributed by atoms with van der Waals surface area (Å²) in [6, 6.07) is 0.301. The summed E-state index contributed by atoms with van der Waals surface area (Å²) in [6.07, 6.45) is 36.5. The molecule has 354 valence electrons. The molecule has 1 rings (SSSR count). The SMILES string of the molecule is CCCCCC(CCCCC)CCOC(=O)CCCCCCCC(CCCCCCCC(=O)OCCC(CCCCC)CCCCC)OC(=O)C1(C)CC(N(C)C)CCO1. The smallest absolute Gasteiger partial charge is 0.338 e. The summed E-state index contributed by atoms with van der Waals surface area (Å²) in [5.41, 5.74) is -0.912. The average Bonchev–Trinajstić information content (AvgIpc) is 3.22. The summed E-state index contributed by atoms with van der Waals surface area (Å²) >= 11 is 0. The van der Waals surface area contributed by atoms with Gasteiger partial charge in [0.25, 0.3) is 0 Å². The maximum absolute atomic E-state index is 13.6. The molecule has 0 saturated carbocycles. The fraction of sp³-hybridized carbons (Fsp3) is 0.942. The van der Waals surface area contributed by atoms with Crippen LogP contribution in [0.15, 0.2) is 0 Å². The lowest BCUT2D eigenvalue weighted by atomic mass is 9.91.